The number of amides is 1. The fraction of sp³-hybridized carbons (Fsp3) is 0.192. The molecule has 5 nitrogen and oxygen atoms in total. The lowest BCUT2D eigenvalue weighted by atomic mass is 10.0. The molecule has 3 N–H and O–H groups in total. The quantitative estimate of drug-likeness (QED) is 0.566. The lowest BCUT2D eigenvalue weighted by Crippen LogP contribution is -2.46. The van der Waals surface area contributed by atoms with E-state index in [4.69, 9.17) is 5.73 Å². The van der Waals surface area contributed by atoms with Gasteiger partial charge in [-0.25, -0.2) is 4.39 Å². The van der Waals surface area contributed by atoms with E-state index in [2.05, 4.69) is 21.7 Å². The van der Waals surface area contributed by atoms with Crippen LogP contribution >= 0.6 is 0 Å². The summed E-state index contributed by atoms with van der Waals surface area (Å²) in [5, 5.41) is 2.84. The van der Waals surface area contributed by atoms with E-state index in [1.54, 1.807) is 36.4 Å². The van der Waals surface area contributed by atoms with Crippen LogP contribution in [0.15, 0.2) is 79.4 Å². The lowest BCUT2D eigenvalue weighted by Gasteiger charge is -2.36. The Labute approximate surface area is 188 Å². The maximum absolute atomic E-state index is 13.5. The second-order valence-corrected chi connectivity index (χ2v) is 7.97. The molecule has 4 rings (SSSR count). The number of carbonyl (C=O) groups is 1. The number of nitrogen functional groups attached to an aromatic ring is 1. The van der Waals surface area contributed by atoms with Crippen molar-refractivity contribution in [3.8, 4) is 0 Å². The number of nitrogens with one attached hydrogen (secondary N) is 1. The Morgan fingerprint density at radius 2 is 1.62 bits per heavy atom. The molecular formula is C26H27FN4O. The summed E-state index contributed by atoms with van der Waals surface area (Å²) in [6, 6.07) is 21.4. The second-order valence-electron chi connectivity index (χ2n) is 7.97. The van der Waals surface area contributed by atoms with Gasteiger partial charge in [-0.3, -0.25) is 9.69 Å². The first-order chi connectivity index (χ1) is 15.5. The Hall–Kier alpha value is -3.64. The Morgan fingerprint density at radius 3 is 2.31 bits per heavy atom. The van der Waals surface area contributed by atoms with E-state index in [9.17, 15) is 9.18 Å². The molecule has 3 aromatic rings. The molecule has 1 heterocycles. The maximum Gasteiger partial charge on any atom is 0.255 e. The molecule has 32 heavy (non-hydrogen) atoms. The number of nitrogens with zero attached hydrogens (tertiary/aromatic N) is 2. The van der Waals surface area contributed by atoms with Gasteiger partial charge in [0.1, 0.15) is 5.82 Å². The summed E-state index contributed by atoms with van der Waals surface area (Å²) in [7, 11) is 0. The molecule has 1 fully saturated rings. The molecule has 0 unspecified atom stereocenters. The van der Waals surface area contributed by atoms with Crippen molar-refractivity contribution in [2.45, 2.75) is 0 Å². The second kappa shape index (κ2) is 9.66. The standard InChI is InChI=1S/C26H27FN4O/c1-19(18-30-13-15-31(16-14-30)23-6-4-5-22(27)17-23)20-9-11-21(12-10-20)26(32)29-25-8-3-2-7-24(25)28/h2-12,17H,1,13-16,18,28H2,(H,29,32). The van der Waals surface area contributed by atoms with Crippen LogP contribution in [0.4, 0.5) is 21.5 Å². The van der Waals surface area contributed by atoms with Gasteiger partial charge in [0.25, 0.3) is 5.91 Å². The molecule has 0 bridgehead atoms. The summed E-state index contributed by atoms with van der Waals surface area (Å²) < 4.78 is 13.5. The van der Waals surface area contributed by atoms with Crippen molar-refractivity contribution >= 4 is 28.5 Å². The van der Waals surface area contributed by atoms with E-state index in [1.165, 1.54) is 6.07 Å². The van der Waals surface area contributed by atoms with Gasteiger partial charge in [0, 0.05) is 44.0 Å². The third kappa shape index (κ3) is 5.15. The summed E-state index contributed by atoms with van der Waals surface area (Å²) in [6.07, 6.45) is 0. The normalized spacial score (nSPS) is 14.2. The lowest BCUT2D eigenvalue weighted by molar-refractivity contribution is 0.102. The summed E-state index contributed by atoms with van der Waals surface area (Å²) in [5.41, 5.74) is 10.5. The van der Waals surface area contributed by atoms with Crippen LogP contribution < -0.4 is 16.0 Å². The van der Waals surface area contributed by atoms with E-state index in [-0.39, 0.29) is 11.7 Å². The summed E-state index contributed by atoms with van der Waals surface area (Å²) in [5.74, 6) is -0.406. The van der Waals surface area contributed by atoms with Crippen LogP contribution in [0.1, 0.15) is 15.9 Å². The molecule has 0 atom stereocenters. The van der Waals surface area contributed by atoms with Crippen LogP contribution in [0.3, 0.4) is 0 Å². The number of halogens is 1. The number of hydrogen-bond donors (Lipinski definition) is 2. The number of hydrogen-bond acceptors (Lipinski definition) is 4. The van der Waals surface area contributed by atoms with Crippen molar-refractivity contribution < 1.29 is 9.18 Å². The fourth-order valence-corrected chi connectivity index (χ4v) is 3.86. The molecule has 164 valence electrons. The van der Waals surface area contributed by atoms with Crippen molar-refractivity contribution in [1.29, 1.82) is 0 Å². The minimum absolute atomic E-state index is 0.200. The Balaban J connectivity index is 1.30. The molecule has 0 saturated carbocycles. The van der Waals surface area contributed by atoms with Gasteiger partial charge < -0.3 is 16.0 Å². The molecule has 0 spiro atoms. The van der Waals surface area contributed by atoms with Crippen LogP contribution in [0.2, 0.25) is 0 Å². The largest absolute Gasteiger partial charge is 0.397 e. The van der Waals surface area contributed by atoms with Crippen LogP contribution in [0.5, 0.6) is 0 Å². The van der Waals surface area contributed by atoms with Crippen molar-refractivity contribution in [2.24, 2.45) is 0 Å². The highest BCUT2D eigenvalue weighted by Gasteiger charge is 2.18. The Kier molecular flexibility index (Phi) is 6.52. The van der Waals surface area contributed by atoms with Crippen LogP contribution in [-0.2, 0) is 0 Å². The van der Waals surface area contributed by atoms with E-state index >= 15 is 0 Å². The van der Waals surface area contributed by atoms with Gasteiger partial charge in [0.2, 0.25) is 0 Å². The number of rotatable bonds is 6. The number of carbonyl (C=O) groups excluding carboxylic acids is 1. The Morgan fingerprint density at radius 1 is 0.938 bits per heavy atom. The molecule has 6 heteroatoms. The summed E-state index contributed by atoms with van der Waals surface area (Å²) in [6.45, 7) is 8.45. The highest BCUT2D eigenvalue weighted by atomic mass is 19.1. The highest BCUT2D eigenvalue weighted by Crippen LogP contribution is 2.21. The van der Waals surface area contributed by atoms with Crippen molar-refractivity contribution in [3.05, 3.63) is 96.3 Å². The van der Waals surface area contributed by atoms with Crippen molar-refractivity contribution in [1.82, 2.24) is 4.90 Å². The summed E-state index contributed by atoms with van der Waals surface area (Å²) in [4.78, 5) is 17.1. The smallest absolute Gasteiger partial charge is 0.255 e. The summed E-state index contributed by atoms with van der Waals surface area (Å²) >= 11 is 0. The zero-order valence-electron chi connectivity index (χ0n) is 17.9. The molecule has 3 aromatic carbocycles. The topological polar surface area (TPSA) is 61.6 Å². The molecule has 1 aliphatic rings. The van der Waals surface area contributed by atoms with E-state index in [1.807, 2.05) is 30.3 Å². The number of benzene rings is 3. The van der Waals surface area contributed by atoms with E-state index in [0.717, 1.165) is 49.5 Å². The molecule has 0 aliphatic carbocycles. The molecule has 0 radical (unpaired) electrons. The maximum atomic E-state index is 13.5. The molecule has 1 aliphatic heterocycles. The van der Waals surface area contributed by atoms with Gasteiger partial charge in [-0.2, -0.15) is 0 Å². The third-order valence-corrected chi connectivity index (χ3v) is 5.72. The predicted molar refractivity (Wildman–Crippen MR) is 129 cm³/mol. The van der Waals surface area contributed by atoms with E-state index in [0.29, 0.717) is 16.9 Å². The highest BCUT2D eigenvalue weighted by molar-refractivity contribution is 6.05. The minimum atomic E-state index is -0.206. The van der Waals surface area contributed by atoms with Gasteiger partial charge in [0.15, 0.2) is 0 Å². The zero-order chi connectivity index (χ0) is 22.5. The fourth-order valence-electron chi connectivity index (χ4n) is 3.86. The zero-order valence-corrected chi connectivity index (χ0v) is 17.9. The first kappa shape index (κ1) is 21.6. The van der Waals surface area contributed by atoms with E-state index < -0.39 is 0 Å². The SMILES string of the molecule is C=C(CN1CCN(c2cccc(F)c2)CC1)c1ccc(C(=O)Nc2ccccc2N)cc1. The number of piperazine rings is 1. The monoisotopic (exact) mass is 430 g/mol. The van der Waals surface area contributed by atoms with Gasteiger partial charge in [-0.15, -0.1) is 0 Å². The van der Waals surface area contributed by atoms with Gasteiger partial charge in [-0.1, -0.05) is 36.9 Å². The molecule has 1 saturated heterocycles. The van der Waals surface area contributed by atoms with Crippen molar-refractivity contribution in [2.75, 3.05) is 48.7 Å². The van der Waals surface area contributed by atoms with Gasteiger partial charge in [0.05, 0.1) is 11.4 Å². The predicted octanol–water partition coefficient (Wildman–Crippen LogP) is 4.50. The number of para-hydroxylation sites is 2. The number of nitrogens with two attached hydrogens (primary N) is 1. The molecular weight excluding hydrogens is 403 g/mol. The molecule has 1 amide bonds. The van der Waals surface area contributed by atoms with Crippen molar-refractivity contribution in [3.63, 3.8) is 0 Å². The average Bonchev–Trinajstić information content (AvgIpc) is 2.81. The molecule has 0 aromatic heterocycles. The number of anilines is 3. The average molecular weight is 431 g/mol. The minimum Gasteiger partial charge on any atom is -0.397 e. The van der Waals surface area contributed by atoms with Gasteiger partial charge in [-0.05, 0) is 53.6 Å². The first-order valence-electron chi connectivity index (χ1n) is 10.7. The van der Waals surface area contributed by atoms with Crippen LogP contribution in [0.25, 0.3) is 5.57 Å². The van der Waals surface area contributed by atoms with Crippen LogP contribution in [0, 0.1) is 5.82 Å². The first-order valence-corrected chi connectivity index (χ1v) is 10.7. The Bertz CT molecular complexity index is 1100. The van der Waals surface area contributed by atoms with Crippen LogP contribution in [-0.4, -0.2) is 43.5 Å². The van der Waals surface area contributed by atoms with Gasteiger partial charge >= 0.3 is 0 Å². The third-order valence-electron chi connectivity index (χ3n) is 5.72.